The van der Waals surface area contributed by atoms with Gasteiger partial charge in [-0.25, -0.2) is 4.39 Å². The SMILES string of the molecule is CN(C)CC1CCN(Cc2cc(F)cc(B(O)O)c2)CC1. The van der Waals surface area contributed by atoms with Gasteiger partial charge in [0, 0.05) is 13.1 Å². The standard InChI is InChI=1S/C15H24BFN2O2/c1-18(2)10-12-3-5-19(6-4-12)11-13-7-14(16(20)21)9-15(17)8-13/h7-9,12,20-21H,3-6,10-11H2,1-2H3. The summed E-state index contributed by atoms with van der Waals surface area (Å²) in [7, 11) is 2.58. The molecule has 4 nitrogen and oxygen atoms in total. The van der Waals surface area contributed by atoms with Crippen LogP contribution in [0, 0.1) is 11.7 Å². The summed E-state index contributed by atoms with van der Waals surface area (Å²) in [5.74, 6) is 0.316. The van der Waals surface area contributed by atoms with E-state index in [1.807, 2.05) is 0 Å². The first-order chi connectivity index (χ1) is 9.94. The summed E-state index contributed by atoms with van der Waals surface area (Å²) in [5, 5.41) is 18.3. The molecule has 1 saturated heterocycles. The predicted molar refractivity (Wildman–Crippen MR) is 82.8 cm³/mol. The second kappa shape index (κ2) is 7.36. The van der Waals surface area contributed by atoms with Crippen molar-refractivity contribution in [2.45, 2.75) is 19.4 Å². The van der Waals surface area contributed by atoms with Crippen LogP contribution < -0.4 is 5.46 Å². The van der Waals surface area contributed by atoms with E-state index in [9.17, 15) is 4.39 Å². The summed E-state index contributed by atoms with van der Waals surface area (Å²) < 4.78 is 13.5. The Labute approximate surface area is 126 Å². The molecule has 0 aliphatic carbocycles. The molecular weight excluding hydrogens is 270 g/mol. The van der Waals surface area contributed by atoms with Crippen molar-refractivity contribution >= 4 is 12.6 Å². The third kappa shape index (κ3) is 5.07. The Morgan fingerprint density at radius 3 is 2.48 bits per heavy atom. The maximum Gasteiger partial charge on any atom is 0.488 e. The Kier molecular flexibility index (Phi) is 5.76. The number of rotatable bonds is 5. The molecule has 0 amide bonds. The van der Waals surface area contributed by atoms with Crippen LogP contribution in [-0.2, 0) is 6.54 Å². The molecule has 1 aromatic rings. The number of hydrogen-bond donors (Lipinski definition) is 2. The van der Waals surface area contributed by atoms with Crippen molar-refractivity contribution in [3.05, 3.63) is 29.6 Å². The van der Waals surface area contributed by atoms with Gasteiger partial charge in [0.25, 0.3) is 0 Å². The molecule has 0 unspecified atom stereocenters. The van der Waals surface area contributed by atoms with Crippen molar-refractivity contribution < 1.29 is 14.4 Å². The van der Waals surface area contributed by atoms with Gasteiger partial charge in [0.1, 0.15) is 5.82 Å². The third-order valence-electron chi connectivity index (χ3n) is 4.01. The molecule has 6 heteroatoms. The van der Waals surface area contributed by atoms with Gasteiger partial charge in [-0.05, 0) is 69.1 Å². The normalized spacial score (nSPS) is 17.4. The Balaban J connectivity index is 1.91. The van der Waals surface area contributed by atoms with Crippen LogP contribution in [-0.4, -0.2) is 60.7 Å². The smallest absolute Gasteiger partial charge is 0.423 e. The molecule has 0 radical (unpaired) electrons. The first kappa shape index (κ1) is 16.4. The average Bonchev–Trinajstić information content (AvgIpc) is 2.39. The highest BCUT2D eigenvalue weighted by atomic mass is 19.1. The van der Waals surface area contributed by atoms with Gasteiger partial charge in [-0.1, -0.05) is 6.07 Å². The third-order valence-corrected chi connectivity index (χ3v) is 4.01. The minimum absolute atomic E-state index is 0.215. The van der Waals surface area contributed by atoms with Gasteiger partial charge >= 0.3 is 7.12 Å². The zero-order chi connectivity index (χ0) is 15.4. The summed E-state index contributed by atoms with van der Waals surface area (Å²) in [5.41, 5.74) is 1.01. The molecule has 1 aliphatic rings. The number of benzene rings is 1. The van der Waals surface area contributed by atoms with E-state index in [0.29, 0.717) is 6.54 Å². The second-order valence-electron chi connectivity index (χ2n) is 6.25. The quantitative estimate of drug-likeness (QED) is 0.766. The second-order valence-corrected chi connectivity index (χ2v) is 6.25. The topological polar surface area (TPSA) is 46.9 Å². The summed E-state index contributed by atoms with van der Waals surface area (Å²) in [6, 6.07) is 4.30. The molecule has 1 fully saturated rings. The van der Waals surface area contributed by atoms with E-state index in [4.69, 9.17) is 10.0 Å². The highest BCUT2D eigenvalue weighted by Crippen LogP contribution is 2.19. The monoisotopic (exact) mass is 294 g/mol. The van der Waals surface area contributed by atoms with E-state index in [2.05, 4.69) is 23.9 Å². The minimum Gasteiger partial charge on any atom is -0.423 e. The van der Waals surface area contributed by atoms with Crippen LogP contribution in [0.4, 0.5) is 4.39 Å². The molecule has 21 heavy (non-hydrogen) atoms. The Morgan fingerprint density at radius 1 is 1.24 bits per heavy atom. The van der Waals surface area contributed by atoms with Gasteiger partial charge in [-0.15, -0.1) is 0 Å². The lowest BCUT2D eigenvalue weighted by atomic mass is 9.79. The molecule has 116 valence electrons. The van der Waals surface area contributed by atoms with Crippen LogP contribution in [0.25, 0.3) is 0 Å². The van der Waals surface area contributed by atoms with E-state index in [1.54, 1.807) is 6.07 Å². The molecule has 0 spiro atoms. The van der Waals surface area contributed by atoms with Gasteiger partial charge in [-0.3, -0.25) is 4.90 Å². The minimum atomic E-state index is -1.62. The molecule has 2 N–H and O–H groups in total. The lowest BCUT2D eigenvalue weighted by Crippen LogP contribution is -2.37. The fourth-order valence-electron chi connectivity index (χ4n) is 3.02. The first-order valence-corrected chi connectivity index (χ1v) is 7.46. The van der Waals surface area contributed by atoms with Gasteiger partial charge in [-0.2, -0.15) is 0 Å². The Bertz CT molecular complexity index is 463. The largest absolute Gasteiger partial charge is 0.488 e. The van der Waals surface area contributed by atoms with Crippen LogP contribution >= 0.6 is 0 Å². The summed E-state index contributed by atoms with van der Waals surface area (Å²) in [6.45, 7) is 3.79. The maximum atomic E-state index is 13.5. The van der Waals surface area contributed by atoms with Crippen molar-refractivity contribution in [2.75, 3.05) is 33.7 Å². The number of piperidine rings is 1. The molecule has 1 aliphatic heterocycles. The van der Waals surface area contributed by atoms with E-state index in [1.165, 1.54) is 6.07 Å². The number of hydrogen-bond acceptors (Lipinski definition) is 4. The molecule has 1 heterocycles. The van der Waals surface area contributed by atoms with Gasteiger partial charge in [0.2, 0.25) is 0 Å². The van der Waals surface area contributed by atoms with E-state index in [-0.39, 0.29) is 5.46 Å². The average molecular weight is 294 g/mol. The highest BCUT2D eigenvalue weighted by Gasteiger charge is 2.20. The fourth-order valence-corrected chi connectivity index (χ4v) is 3.02. The van der Waals surface area contributed by atoms with Gasteiger partial charge in [0.05, 0.1) is 0 Å². The summed E-state index contributed by atoms with van der Waals surface area (Å²) in [6.07, 6.45) is 2.31. The fraction of sp³-hybridized carbons (Fsp3) is 0.600. The maximum absolute atomic E-state index is 13.5. The zero-order valence-electron chi connectivity index (χ0n) is 12.8. The van der Waals surface area contributed by atoms with Crippen LogP contribution in [0.3, 0.4) is 0 Å². The van der Waals surface area contributed by atoms with E-state index >= 15 is 0 Å². The molecular formula is C15H24BFN2O2. The number of likely N-dealkylation sites (tertiary alicyclic amines) is 1. The predicted octanol–water partition coefficient (Wildman–Crippen LogP) is 0.279. The van der Waals surface area contributed by atoms with Crippen molar-refractivity contribution in [2.24, 2.45) is 5.92 Å². The van der Waals surface area contributed by atoms with E-state index in [0.717, 1.165) is 50.0 Å². The van der Waals surface area contributed by atoms with Crippen molar-refractivity contribution in [1.29, 1.82) is 0 Å². The first-order valence-electron chi connectivity index (χ1n) is 7.46. The molecule has 2 rings (SSSR count). The Hall–Kier alpha value is -0.945. The van der Waals surface area contributed by atoms with Crippen molar-refractivity contribution in [3.8, 4) is 0 Å². The Morgan fingerprint density at radius 2 is 1.90 bits per heavy atom. The molecule has 0 aromatic heterocycles. The highest BCUT2D eigenvalue weighted by molar-refractivity contribution is 6.58. The zero-order valence-corrected chi connectivity index (χ0v) is 12.8. The number of nitrogens with zero attached hydrogens (tertiary/aromatic N) is 2. The van der Waals surface area contributed by atoms with Crippen molar-refractivity contribution in [3.63, 3.8) is 0 Å². The van der Waals surface area contributed by atoms with Crippen molar-refractivity contribution in [1.82, 2.24) is 9.80 Å². The number of halogens is 1. The van der Waals surface area contributed by atoms with E-state index < -0.39 is 12.9 Å². The van der Waals surface area contributed by atoms with Crippen LogP contribution in [0.1, 0.15) is 18.4 Å². The van der Waals surface area contributed by atoms with Crippen LogP contribution in [0.5, 0.6) is 0 Å². The molecule has 0 saturated carbocycles. The lowest BCUT2D eigenvalue weighted by molar-refractivity contribution is 0.157. The van der Waals surface area contributed by atoms with Crippen LogP contribution in [0.2, 0.25) is 0 Å². The molecule has 0 atom stereocenters. The molecule has 1 aromatic carbocycles. The molecule has 0 bridgehead atoms. The summed E-state index contributed by atoms with van der Waals surface area (Å²) >= 11 is 0. The van der Waals surface area contributed by atoms with Gasteiger partial charge < -0.3 is 14.9 Å². The summed E-state index contributed by atoms with van der Waals surface area (Å²) in [4.78, 5) is 4.52. The van der Waals surface area contributed by atoms with Gasteiger partial charge in [0.15, 0.2) is 0 Å². The lowest BCUT2D eigenvalue weighted by Gasteiger charge is -2.33. The van der Waals surface area contributed by atoms with Crippen LogP contribution in [0.15, 0.2) is 18.2 Å².